The van der Waals surface area contributed by atoms with Crippen LogP contribution in [0.15, 0.2) is 42.5 Å². The molecule has 0 saturated carbocycles. The Labute approximate surface area is 163 Å². The van der Waals surface area contributed by atoms with Crippen molar-refractivity contribution in [3.8, 4) is 0 Å². The number of nitrogens with zero attached hydrogens (tertiary/aromatic N) is 1. The van der Waals surface area contributed by atoms with Gasteiger partial charge in [0, 0.05) is 32.7 Å². The Morgan fingerprint density at radius 2 is 1.89 bits per heavy atom. The highest BCUT2D eigenvalue weighted by atomic mass is 16.5. The molecule has 0 bridgehead atoms. The van der Waals surface area contributed by atoms with E-state index in [0.717, 1.165) is 19.1 Å². The molecule has 2 aliphatic rings. The van der Waals surface area contributed by atoms with Crippen molar-refractivity contribution in [1.82, 2.24) is 15.8 Å². The quantitative estimate of drug-likeness (QED) is 0.731. The van der Waals surface area contributed by atoms with Crippen molar-refractivity contribution in [3.63, 3.8) is 0 Å². The van der Waals surface area contributed by atoms with Gasteiger partial charge < -0.3 is 9.64 Å². The van der Waals surface area contributed by atoms with Crippen LogP contribution >= 0.6 is 0 Å². The molecule has 2 aliphatic heterocycles. The summed E-state index contributed by atoms with van der Waals surface area (Å²) in [6, 6.07) is 15.8. The van der Waals surface area contributed by atoms with Gasteiger partial charge in [-0.15, -0.1) is 0 Å². The predicted molar refractivity (Wildman–Crippen MR) is 112 cm³/mol. The SMILES string of the molecule is COCCCC1CCN(CC2CNNC2c2cccc3ccccc23)CC1. The predicted octanol–water partition coefficient (Wildman–Crippen LogP) is 3.74. The number of hydrogen-bond acceptors (Lipinski definition) is 4. The first-order valence-corrected chi connectivity index (χ1v) is 10.5. The summed E-state index contributed by atoms with van der Waals surface area (Å²) < 4.78 is 5.20. The molecule has 0 radical (unpaired) electrons. The van der Waals surface area contributed by atoms with Crippen molar-refractivity contribution < 1.29 is 4.74 Å². The second-order valence-electron chi connectivity index (χ2n) is 8.21. The molecule has 4 rings (SSSR count). The van der Waals surface area contributed by atoms with E-state index in [-0.39, 0.29) is 0 Å². The third kappa shape index (κ3) is 4.52. The minimum Gasteiger partial charge on any atom is -0.385 e. The number of nitrogens with one attached hydrogen (secondary N) is 2. The molecule has 2 fully saturated rings. The summed E-state index contributed by atoms with van der Waals surface area (Å²) in [5.41, 5.74) is 8.41. The molecular formula is C23H33N3O. The van der Waals surface area contributed by atoms with Crippen LogP contribution in [0.5, 0.6) is 0 Å². The van der Waals surface area contributed by atoms with Gasteiger partial charge in [-0.3, -0.25) is 5.43 Å². The Morgan fingerprint density at radius 1 is 1.07 bits per heavy atom. The minimum absolute atomic E-state index is 0.385. The van der Waals surface area contributed by atoms with Gasteiger partial charge in [0.1, 0.15) is 0 Å². The summed E-state index contributed by atoms with van der Waals surface area (Å²) in [6.07, 6.45) is 5.22. The Bertz CT molecular complexity index is 721. The normalized spacial score (nSPS) is 24.6. The van der Waals surface area contributed by atoms with E-state index in [1.165, 1.54) is 61.7 Å². The fraction of sp³-hybridized carbons (Fsp3) is 0.565. The fourth-order valence-electron chi connectivity index (χ4n) is 4.86. The first-order valence-electron chi connectivity index (χ1n) is 10.5. The Morgan fingerprint density at radius 3 is 2.74 bits per heavy atom. The lowest BCUT2D eigenvalue weighted by Gasteiger charge is -2.34. The third-order valence-electron chi connectivity index (χ3n) is 6.41. The van der Waals surface area contributed by atoms with Gasteiger partial charge in [0.25, 0.3) is 0 Å². The van der Waals surface area contributed by atoms with Crippen LogP contribution in [0, 0.1) is 11.8 Å². The molecule has 0 amide bonds. The fourth-order valence-corrected chi connectivity index (χ4v) is 4.86. The molecule has 4 heteroatoms. The molecule has 0 aromatic heterocycles. The first kappa shape index (κ1) is 18.9. The van der Waals surface area contributed by atoms with E-state index in [2.05, 4.69) is 58.2 Å². The standard InChI is InChI=1S/C23H33N3O/c1-27-15-5-6-18-11-13-26(14-12-18)17-20-16-24-25-23(20)22-10-4-8-19-7-2-3-9-21(19)22/h2-4,7-10,18,20,23-25H,5-6,11-17H2,1H3. The zero-order chi connectivity index (χ0) is 18.5. The van der Waals surface area contributed by atoms with E-state index >= 15 is 0 Å². The van der Waals surface area contributed by atoms with Gasteiger partial charge >= 0.3 is 0 Å². The number of benzene rings is 2. The largest absolute Gasteiger partial charge is 0.385 e. The lowest BCUT2D eigenvalue weighted by molar-refractivity contribution is 0.141. The molecule has 2 unspecified atom stereocenters. The topological polar surface area (TPSA) is 36.5 Å². The maximum Gasteiger partial charge on any atom is 0.0521 e. The number of piperidine rings is 1. The van der Waals surface area contributed by atoms with Crippen LogP contribution in [-0.2, 0) is 4.74 Å². The number of methoxy groups -OCH3 is 1. The van der Waals surface area contributed by atoms with Gasteiger partial charge in [-0.1, -0.05) is 42.5 Å². The van der Waals surface area contributed by atoms with E-state index in [9.17, 15) is 0 Å². The highest BCUT2D eigenvalue weighted by Crippen LogP contribution is 2.32. The van der Waals surface area contributed by atoms with E-state index in [0.29, 0.717) is 12.0 Å². The summed E-state index contributed by atoms with van der Waals surface area (Å²) in [7, 11) is 1.80. The molecular weight excluding hydrogens is 334 g/mol. The van der Waals surface area contributed by atoms with Crippen LogP contribution in [0.3, 0.4) is 0 Å². The summed E-state index contributed by atoms with van der Waals surface area (Å²) in [4.78, 5) is 2.68. The maximum absolute atomic E-state index is 5.20. The molecule has 2 aromatic rings. The van der Waals surface area contributed by atoms with E-state index < -0.39 is 0 Å². The van der Waals surface area contributed by atoms with Crippen molar-refractivity contribution in [2.24, 2.45) is 11.8 Å². The van der Waals surface area contributed by atoms with Crippen LogP contribution in [0.2, 0.25) is 0 Å². The van der Waals surface area contributed by atoms with Gasteiger partial charge in [0.05, 0.1) is 6.04 Å². The third-order valence-corrected chi connectivity index (χ3v) is 6.41. The molecule has 2 saturated heterocycles. The van der Waals surface area contributed by atoms with Crippen LogP contribution in [0.25, 0.3) is 10.8 Å². The van der Waals surface area contributed by atoms with Crippen molar-refractivity contribution in [1.29, 1.82) is 0 Å². The molecule has 2 atom stereocenters. The van der Waals surface area contributed by atoms with Gasteiger partial charge in [0.15, 0.2) is 0 Å². The highest BCUT2D eigenvalue weighted by molar-refractivity contribution is 5.86. The molecule has 0 spiro atoms. The van der Waals surface area contributed by atoms with Gasteiger partial charge in [-0.05, 0) is 61.0 Å². The first-order chi connectivity index (χ1) is 13.3. The number of ether oxygens (including phenoxy) is 1. The van der Waals surface area contributed by atoms with Gasteiger partial charge in [0.2, 0.25) is 0 Å². The lowest BCUT2D eigenvalue weighted by Crippen LogP contribution is -2.39. The summed E-state index contributed by atoms with van der Waals surface area (Å²) in [5.74, 6) is 1.51. The second-order valence-corrected chi connectivity index (χ2v) is 8.21. The van der Waals surface area contributed by atoms with Crippen molar-refractivity contribution >= 4 is 10.8 Å². The minimum atomic E-state index is 0.385. The lowest BCUT2D eigenvalue weighted by atomic mass is 9.88. The Kier molecular flexibility index (Phi) is 6.40. The molecule has 4 nitrogen and oxygen atoms in total. The molecule has 2 N–H and O–H groups in total. The van der Waals surface area contributed by atoms with Gasteiger partial charge in [-0.25, -0.2) is 5.43 Å². The summed E-state index contributed by atoms with van der Waals surface area (Å²) in [5, 5.41) is 2.71. The number of fused-ring (bicyclic) bond motifs is 1. The summed E-state index contributed by atoms with van der Waals surface area (Å²) >= 11 is 0. The Hall–Kier alpha value is -1.46. The van der Waals surface area contributed by atoms with Crippen molar-refractivity contribution in [2.75, 3.05) is 39.9 Å². The monoisotopic (exact) mass is 367 g/mol. The second kappa shape index (κ2) is 9.16. The zero-order valence-corrected chi connectivity index (χ0v) is 16.5. The molecule has 27 heavy (non-hydrogen) atoms. The average molecular weight is 368 g/mol. The van der Waals surface area contributed by atoms with Crippen LogP contribution < -0.4 is 10.9 Å². The van der Waals surface area contributed by atoms with E-state index in [1.807, 2.05) is 0 Å². The van der Waals surface area contributed by atoms with Crippen molar-refractivity contribution in [2.45, 2.75) is 31.7 Å². The van der Waals surface area contributed by atoms with E-state index in [4.69, 9.17) is 4.74 Å². The summed E-state index contributed by atoms with van der Waals surface area (Å²) in [6.45, 7) is 5.62. The maximum atomic E-state index is 5.20. The smallest absolute Gasteiger partial charge is 0.0521 e. The average Bonchev–Trinajstić information content (AvgIpc) is 3.17. The van der Waals surface area contributed by atoms with E-state index in [1.54, 1.807) is 7.11 Å². The highest BCUT2D eigenvalue weighted by Gasteiger charge is 2.31. The van der Waals surface area contributed by atoms with Crippen molar-refractivity contribution in [3.05, 3.63) is 48.0 Å². The van der Waals surface area contributed by atoms with Crippen LogP contribution in [0.1, 0.15) is 37.3 Å². The zero-order valence-electron chi connectivity index (χ0n) is 16.5. The van der Waals surface area contributed by atoms with Crippen LogP contribution in [-0.4, -0.2) is 44.8 Å². The molecule has 2 heterocycles. The molecule has 146 valence electrons. The number of likely N-dealkylation sites (tertiary alicyclic amines) is 1. The number of hydrazine groups is 1. The van der Waals surface area contributed by atoms with Crippen LogP contribution in [0.4, 0.5) is 0 Å². The number of hydrogen-bond donors (Lipinski definition) is 2. The molecule has 2 aromatic carbocycles. The number of rotatable bonds is 7. The molecule has 0 aliphatic carbocycles. The Balaban J connectivity index is 1.37. The van der Waals surface area contributed by atoms with Gasteiger partial charge in [-0.2, -0.15) is 0 Å².